The predicted octanol–water partition coefficient (Wildman–Crippen LogP) is 4.72. The van der Waals surface area contributed by atoms with Gasteiger partial charge in [-0.15, -0.1) is 0 Å². The van der Waals surface area contributed by atoms with Gasteiger partial charge in [0.25, 0.3) is 17.3 Å². The van der Waals surface area contributed by atoms with Crippen molar-refractivity contribution in [2.24, 2.45) is 0 Å². The maximum absolute atomic E-state index is 12.6. The van der Waals surface area contributed by atoms with Gasteiger partial charge in [0, 0.05) is 5.92 Å². The van der Waals surface area contributed by atoms with Crippen LogP contribution in [0.1, 0.15) is 65.1 Å². The van der Waals surface area contributed by atoms with Gasteiger partial charge in [0.1, 0.15) is 16.9 Å². The lowest BCUT2D eigenvalue weighted by molar-refractivity contribution is -0.140. The van der Waals surface area contributed by atoms with Gasteiger partial charge in [-0.2, -0.15) is 14.3 Å². The summed E-state index contributed by atoms with van der Waals surface area (Å²) in [4.78, 5) is 32.9. The average molecular weight is 505 g/mol. The molecule has 11 heteroatoms. The minimum absolute atomic E-state index is 0.0671. The Bertz CT molecular complexity index is 1530. The Kier molecular flexibility index (Phi) is 5.26. The second kappa shape index (κ2) is 8.49. The summed E-state index contributed by atoms with van der Waals surface area (Å²) < 4.78 is 21.0. The number of oxazole rings is 2. The molecule has 10 nitrogen and oxygen atoms in total. The van der Waals surface area contributed by atoms with Crippen LogP contribution in [0.3, 0.4) is 0 Å². The van der Waals surface area contributed by atoms with Crippen LogP contribution in [0, 0.1) is 18.8 Å². The Labute approximate surface area is 208 Å². The number of hydrogen-bond acceptors (Lipinski definition) is 9. The van der Waals surface area contributed by atoms with Crippen molar-refractivity contribution in [2.45, 2.75) is 50.5 Å². The summed E-state index contributed by atoms with van der Waals surface area (Å²) >= 11 is 1.18. The second-order valence-electron chi connectivity index (χ2n) is 8.96. The van der Waals surface area contributed by atoms with Crippen molar-refractivity contribution in [1.29, 1.82) is 0 Å². The Morgan fingerprint density at radius 2 is 1.97 bits per heavy atom. The fourth-order valence-electron chi connectivity index (χ4n) is 3.85. The molecule has 3 aromatic heterocycles. The summed E-state index contributed by atoms with van der Waals surface area (Å²) in [6.45, 7) is 2.12. The number of anilines is 1. The van der Waals surface area contributed by atoms with Crippen molar-refractivity contribution in [3.63, 3.8) is 0 Å². The molecule has 2 fully saturated rings. The molecule has 182 valence electrons. The van der Waals surface area contributed by atoms with Gasteiger partial charge in [0.05, 0.1) is 11.4 Å². The van der Waals surface area contributed by atoms with E-state index in [9.17, 15) is 14.7 Å². The van der Waals surface area contributed by atoms with Gasteiger partial charge in [0.2, 0.25) is 5.89 Å². The Morgan fingerprint density at radius 3 is 2.67 bits per heavy atom. The molecule has 0 radical (unpaired) electrons. The molecule has 0 saturated heterocycles. The summed E-state index contributed by atoms with van der Waals surface area (Å²) in [5, 5.41) is 12.2. The Morgan fingerprint density at radius 1 is 1.19 bits per heavy atom. The van der Waals surface area contributed by atoms with Crippen LogP contribution in [0.15, 0.2) is 33.1 Å². The predicted molar refractivity (Wildman–Crippen MR) is 128 cm³/mol. The molecular formula is C25H20N4O6S. The van der Waals surface area contributed by atoms with Crippen molar-refractivity contribution in [1.82, 2.24) is 14.3 Å². The van der Waals surface area contributed by atoms with Crippen molar-refractivity contribution >= 4 is 40.7 Å². The van der Waals surface area contributed by atoms with Crippen LogP contribution in [0.25, 0.3) is 11.4 Å². The molecule has 0 spiro atoms. The van der Waals surface area contributed by atoms with Crippen LogP contribution in [0.2, 0.25) is 0 Å². The third kappa shape index (κ3) is 4.09. The largest absolute Gasteiger partial charge is 0.480 e. The monoisotopic (exact) mass is 504 g/mol. The molecule has 2 saturated carbocycles. The number of ether oxygens (including phenoxy) is 1. The first-order valence-electron chi connectivity index (χ1n) is 11.4. The maximum Gasteiger partial charge on any atom is 0.412 e. The van der Waals surface area contributed by atoms with Gasteiger partial charge < -0.3 is 18.7 Å². The molecular weight excluding hydrogens is 484 g/mol. The minimum atomic E-state index is -1.08. The zero-order chi connectivity index (χ0) is 24.9. The number of aliphatic carboxylic acids is 1. The fourth-order valence-corrected chi connectivity index (χ4v) is 4.63. The molecule has 4 aromatic rings. The fraction of sp³-hybridized carbons (Fsp3) is 0.320. The van der Waals surface area contributed by atoms with Crippen LogP contribution in [-0.4, -0.2) is 31.5 Å². The van der Waals surface area contributed by atoms with E-state index in [4.69, 9.17) is 13.6 Å². The number of amides is 1. The smallest absolute Gasteiger partial charge is 0.412 e. The molecule has 0 bridgehead atoms. The average Bonchev–Trinajstić information content (AvgIpc) is 3.75. The lowest BCUT2D eigenvalue weighted by Crippen LogP contribution is -2.19. The van der Waals surface area contributed by atoms with E-state index >= 15 is 0 Å². The number of fused-ring (bicyclic) bond motifs is 1. The zero-order valence-electron chi connectivity index (χ0n) is 19.2. The van der Waals surface area contributed by atoms with Crippen molar-refractivity contribution in [3.8, 4) is 11.8 Å². The van der Waals surface area contributed by atoms with E-state index in [-0.39, 0.29) is 29.8 Å². The first-order chi connectivity index (χ1) is 17.4. The van der Waals surface area contributed by atoms with E-state index < -0.39 is 17.5 Å². The van der Waals surface area contributed by atoms with Crippen LogP contribution in [0.5, 0.6) is 0 Å². The normalized spacial score (nSPS) is 15.8. The minimum Gasteiger partial charge on any atom is -0.480 e. The molecule has 2 aliphatic rings. The van der Waals surface area contributed by atoms with Crippen molar-refractivity contribution < 1.29 is 28.3 Å². The lowest BCUT2D eigenvalue weighted by atomic mass is 10.1. The number of benzene rings is 1. The van der Waals surface area contributed by atoms with E-state index in [1.807, 2.05) is 31.2 Å². The number of carboxylic acid groups (broad SMARTS) is 1. The molecule has 2 N–H and O–H groups in total. The van der Waals surface area contributed by atoms with Crippen LogP contribution in [-0.2, 0) is 21.6 Å². The number of aryl methyl sites for hydroxylation is 1. The Hall–Kier alpha value is -4.17. The van der Waals surface area contributed by atoms with Gasteiger partial charge in [-0.3, -0.25) is 10.1 Å². The molecule has 0 atom stereocenters. The first kappa shape index (κ1) is 22.3. The Balaban J connectivity index is 1.20. The number of nitrogens with zero attached hydrogens (tertiary/aromatic N) is 3. The number of carbonyl (C=O) groups is 2. The summed E-state index contributed by atoms with van der Waals surface area (Å²) in [7, 11) is 0. The molecule has 0 aliphatic heterocycles. The maximum atomic E-state index is 12.6. The van der Waals surface area contributed by atoms with Crippen molar-refractivity contribution in [3.05, 3.63) is 57.7 Å². The van der Waals surface area contributed by atoms with Crippen molar-refractivity contribution in [2.75, 3.05) is 5.32 Å². The molecule has 1 aromatic carbocycles. The van der Waals surface area contributed by atoms with E-state index in [2.05, 4.69) is 31.5 Å². The van der Waals surface area contributed by atoms with Gasteiger partial charge in [0.15, 0.2) is 0 Å². The topological polar surface area (TPSA) is 141 Å². The number of carboxylic acids is 1. The lowest BCUT2D eigenvalue weighted by Gasteiger charge is -2.09. The molecule has 0 unspecified atom stereocenters. The van der Waals surface area contributed by atoms with Crippen LogP contribution in [0.4, 0.5) is 10.5 Å². The highest BCUT2D eigenvalue weighted by molar-refractivity contribution is 7.07. The third-order valence-electron chi connectivity index (χ3n) is 6.36. The molecule has 2 aliphatic carbocycles. The summed E-state index contributed by atoms with van der Waals surface area (Å²) in [6.07, 6.45) is 2.37. The number of rotatable bonds is 6. The van der Waals surface area contributed by atoms with E-state index in [0.717, 1.165) is 29.7 Å². The number of carbonyl (C=O) groups excluding carboxylic acids is 1. The van der Waals surface area contributed by atoms with Gasteiger partial charge in [-0.1, -0.05) is 24.3 Å². The van der Waals surface area contributed by atoms with E-state index in [1.165, 1.54) is 11.5 Å². The summed E-state index contributed by atoms with van der Waals surface area (Å²) in [5.41, 5.74) is 2.43. The summed E-state index contributed by atoms with van der Waals surface area (Å²) in [6, 6.07) is 7.71. The van der Waals surface area contributed by atoms with E-state index in [0.29, 0.717) is 29.3 Å². The highest BCUT2D eigenvalue weighted by Crippen LogP contribution is 2.48. The highest BCUT2D eigenvalue weighted by atomic mass is 32.1. The zero-order valence-corrected chi connectivity index (χ0v) is 20.0. The second-order valence-corrected chi connectivity index (χ2v) is 9.73. The third-order valence-corrected chi connectivity index (χ3v) is 7.13. The quantitative estimate of drug-likeness (QED) is 0.357. The number of aromatic nitrogens is 3. The van der Waals surface area contributed by atoms with Crippen LogP contribution >= 0.6 is 11.5 Å². The van der Waals surface area contributed by atoms with Gasteiger partial charge in [-0.25, -0.2) is 4.79 Å². The number of nitrogens with one attached hydrogen (secondary N) is 1. The molecule has 6 rings (SSSR count). The first-order valence-corrected chi connectivity index (χ1v) is 12.2. The summed E-state index contributed by atoms with van der Waals surface area (Å²) in [5.74, 6) is 5.27. The van der Waals surface area contributed by atoms with Crippen LogP contribution < -0.4 is 5.32 Å². The van der Waals surface area contributed by atoms with Gasteiger partial charge in [-0.05, 0) is 67.1 Å². The molecule has 3 heterocycles. The number of hydrogen-bond donors (Lipinski definition) is 2. The SMILES string of the molecule is Cc1ccccc1COC(=O)Nc1c(C2CC2)nsc1C#Cc1nc2oc(C3(C(=O)O)CC3)nc2o1. The highest BCUT2D eigenvalue weighted by Gasteiger charge is 2.56. The molecule has 36 heavy (non-hydrogen) atoms. The molecule has 1 amide bonds. The van der Waals surface area contributed by atoms with E-state index in [1.54, 1.807) is 0 Å². The van der Waals surface area contributed by atoms with Gasteiger partial charge >= 0.3 is 12.1 Å². The standard InChI is InChI=1S/C25H20N4O6S/c1-13-4-2-3-5-15(13)12-33-24(32)27-19-16(36-29-18(19)14-6-7-14)8-9-17-26-20-21(34-17)28-22(35-20)25(10-11-25)23(30)31/h2-5,14H,6-7,10-12H2,1H3,(H,27,32)(H,30,31).